The van der Waals surface area contributed by atoms with Gasteiger partial charge in [0.25, 0.3) is 0 Å². The fourth-order valence-corrected chi connectivity index (χ4v) is 3.68. The van der Waals surface area contributed by atoms with Crippen molar-refractivity contribution in [3.05, 3.63) is 52.4 Å². The average Bonchev–Trinajstić information content (AvgIpc) is 2.74. The number of rotatable bonds is 11. The Morgan fingerprint density at radius 2 is 1.70 bits per heavy atom. The lowest BCUT2D eigenvalue weighted by molar-refractivity contribution is -0.132. The van der Waals surface area contributed by atoms with Crippen LogP contribution < -0.4 is 14.2 Å². The Morgan fingerprint density at radius 3 is 2.27 bits per heavy atom. The number of aromatic nitrogens is 1. The smallest absolute Gasteiger partial charge is 0.331 e. The number of methoxy groups -OCH3 is 3. The van der Waals surface area contributed by atoms with E-state index >= 15 is 0 Å². The predicted octanol–water partition coefficient (Wildman–Crippen LogP) is 5.00. The summed E-state index contributed by atoms with van der Waals surface area (Å²) in [4.78, 5) is 16.0. The highest BCUT2D eigenvalue weighted by Crippen LogP contribution is 2.44. The number of ether oxygens (including phenoxy) is 3. The molecule has 0 radical (unpaired) electrons. The van der Waals surface area contributed by atoms with Crippen molar-refractivity contribution in [2.45, 2.75) is 46.0 Å². The van der Waals surface area contributed by atoms with E-state index in [-0.39, 0.29) is 0 Å². The molecule has 0 fully saturated rings. The van der Waals surface area contributed by atoms with Gasteiger partial charge in [0.1, 0.15) is 5.75 Å². The third kappa shape index (κ3) is 5.53. The van der Waals surface area contributed by atoms with Gasteiger partial charge in [-0.3, -0.25) is 4.98 Å². The number of aryl methyl sites for hydroxylation is 1. The molecule has 0 aliphatic carbocycles. The molecule has 0 aliphatic heterocycles. The van der Waals surface area contributed by atoms with Crippen molar-refractivity contribution in [3.8, 4) is 17.2 Å². The van der Waals surface area contributed by atoms with E-state index in [1.165, 1.54) is 5.56 Å². The third-order valence-corrected chi connectivity index (χ3v) is 5.22. The number of nitrogens with zero attached hydrogens (tertiary/aromatic N) is 1. The molecule has 2 rings (SSSR count). The lowest BCUT2D eigenvalue weighted by atomic mass is 9.97. The molecule has 0 unspecified atom stereocenters. The maximum absolute atomic E-state index is 11.9. The molecule has 1 aromatic heterocycles. The molecule has 2 aromatic rings. The van der Waals surface area contributed by atoms with Gasteiger partial charge in [0.15, 0.2) is 11.5 Å². The second-order valence-corrected chi connectivity index (χ2v) is 7.16. The first-order valence-corrected chi connectivity index (χ1v) is 10.1. The summed E-state index contributed by atoms with van der Waals surface area (Å²) in [5.41, 5.74) is 3.85. The molecule has 162 valence electrons. The molecule has 0 saturated carbocycles. The van der Waals surface area contributed by atoms with E-state index in [0.717, 1.165) is 36.8 Å². The largest absolute Gasteiger partial charge is 0.496 e. The number of carboxylic acid groups (broad SMARTS) is 1. The normalized spacial score (nSPS) is 11.3. The van der Waals surface area contributed by atoms with Crippen molar-refractivity contribution >= 4 is 12.0 Å². The van der Waals surface area contributed by atoms with Crippen molar-refractivity contribution in [2.75, 3.05) is 21.3 Å². The molecule has 1 heterocycles. The minimum atomic E-state index is -0.928. The molecular weight excluding hydrogens is 382 g/mol. The number of benzene rings is 1. The number of hydrogen-bond acceptors (Lipinski definition) is 5. The first-order valence-electron chi connectivity index (χ1n) is 10.1. The molecule has 0 aliphatic rings. The summed E-state index contributed by atoms with van der Waals surface area (Å²) in [7, 11) is 4.71. The number of aliphatic carboxylic acids is 1. The molecule has 6 nitrogen and oxygen atoms in total. The Kier molecular flexibility index (Phi) is 8.71. The lowest BCUT2D eigenvalue weighted by Gasteiger charge is -2.20. The number of pyridine rings is 1. The van der Waals surface area contributed by atoms with E-state index < -0.39 is 5.97 Å². The van der Waals surface area contributed by atoms with Gasteiger partial charge >= 0.3 is 5.97 Å². The van der Waals surface area contributed by atoms with Crippen molar-refractivity contribution in [3.63, 3.8) is 0 Å². The van der Waals surface area contributed by atoms with Crippen molar-refractivity contribution in [1.82, 2.24) is 4.98 Å². The SMILES string of the molecule is COc1c(C)c(/C=C(\CCCCCc2cccnc2)C(=O)O)c(OC)c(OC)c1C. The summed E-state index contributed by atoms with van der Waals surface area (Å²) in [6.07, 6.45) is 9.46. The van der Waals surface area contributed by atoms with Crippen LogP contribution in [0.15, 0.2) is 30.1 Å². The second kappa shape index (κ2) is 11.2. The summed E-state index contributed by atoms with van der Waals surface area (Å²) in [6.45, 7) is 3.79. The van der Waals surface area contributed by atoms with E-state index in [0.29, 0.717) is 34.8 Å². The molecule has 0 saturated heterocycles. The predicted molar refractivity (Wildman–Crippen MR) is 118 cm³/mol. The molecular formula is C24H31NO5. The van der Waals surface area contributed by atoms with Gasteiger partial charge in [-0.15, -0.1) is 0 Å². The zero-order chi connectivity index (χ0) is 22.1. The van der Waals surface area contributed by atoms with Gasteiger partial charge in [-0.05, 0) is 57.2 Å². The first-order chi connectivity index (χ1) is 14.4. The monoisotopic (exact) mass is 413 g/mol. The minimum absolute atomic E-state index is 0.339. The van der Waals surface area contributed by atoms with Crippen LogP contribution in [0.25, 0.3) is 6.08 Å². The van der Waals surface area contributed by atoms with Gasteiger partial charge in [0, 0.05) is 34.7 Å². The molecule has 1 N–H and O–H groups in total. The van der Waals surface area contributed by atoms with Crippen LogP contribution in [0, 0.1) is 13.8 Å². The molecule has 0 amide bonds. The van der Waals surface area contributed by atoms with Crippen LogP contribution >= 0.6 is 0 Å². The van der Waals surface area contributed by atoms with Crippen LogP contribution in [0.1, 0.15) is 47.9 Å². The zero-order valence-electron chi connectivity index (χ0n) is 18.4. The Hall–Kier alpha value is -3.02. The van der Waals surface area contributed by atoms with Crippen LogP contribution in [0.2, 0.25) is 0 Å². The Labute approximate surface area is 178 Å². The van der Waals surface area contributed by atoms with E-state index in [9.17, 15) is 9.90 Å². The van der Waals surface area contributed by atoms with Crippen LogP contribution in [0.4, 0.5) is 0 Å². The molecule has 30 heavy (non-hydrogen) atoms. The molecule has 0 spiro atoms. The van der Waals surface area contributed by atoms with Gasteiger partial charge in [0.2, 0.25) is 0 Å². The van der Waals surface area contributed by atoms with Crippen molar-refractivity contribution in [2.24, 2.45) is 0 Å². The van der Waals surface area contributed by atoms with E-state index in [1.54, 1.807) is 33.6 Å². The summed E-state index contributed by atoms with van der Waals surface area (Å²) < 4.78 is 16.6. The Balaban J connectivity index is 2.20. The van der Waals surface area contributed by atoms with Crippen molar-refractivity contribution < 1.29 is 24.1 Å². The maximum atomic E-state index is 11.9. The standard InChI is InChI=1S/C24H31NO5/c1-16-20(23(30-5)22(29-4)17(2)21(16)28-3)14-19(24(26)27)12-8-6-7-10-18-11-9-13-25-15-18/h9,11,13-15H,6-8,10,12H2,1-5H3,(H,26,27)/b19-14+. The Morgan fingerprint density at radius 1 is 1.00 bits per heavy atom. The van der Waals surface area contributed by atoms with E-state index in [4.69, 9.17) is 14.2 Å². The van der Waals surface area contributed by atoms with Gasteiger partial charge < -0.3 is 19.3 Å². The summed E-state index contributed by atoms with van der Waals surface area (Å²) in [5, 5.41) is 9.75. The maximum Gasteiger partial charge on any atom is 0.331 e. The summed E-state index contributed by atoms with van der Waals surface area (Å²) in [5.74, 6) is 0.804. The number of carboxylic acids is 1. The number of unbranched alkanes of at least 4 members (excludes halogenated alkanes) is 2. The Bertz CT molecular complexity index is 890. The van der Waals surface area contributed by atoms with Crippen LogP contribution in [-0.4, -0.2) is 37.4 Å². The third-order valence-electron chi connectivity index (χ3n) is 5.22. The highest BCUT2D eigenvalue weighted by molar-refractivity contribution is 5.93. The molecule has 0 atom stereocenters. The van der Waals surface area contributed by atoms with Crippen LogP contribution in [0.5, 0.6) is 17.2 Å². The quantitative estimate of drug-likeness (QED) is 0.413. The van der Waals surface area contributed by atoms with Crippen molar-refractivity contribution in [1.29, 1.82) is 0 Å². The summed E-state index contributed by atoms with van der Waals surface area (Å²) >= 11 is 0. The second-order valence-electron chi connectivity index (χ2n) is 7.16. The minimum Gasteiger partial charge on any atom is -0.496 e. The zero-order valence-corrected chi connectivity index (χ0v) is 18.4. The summed E-state index contributed by atoms with van der Waals surface area (Å²) in [6, 6.07) is 3.99. The van der Waals surface area contributed by atoms with Crippen LogP contribution in [0.3, 0.4) is 0 Å². The molecule has 6 heteroatoms. The first kappa shape index (κ1) is 23.3. The van der Waals surface area contributed by atoms with Crippen LogP contribution in [-0.2, 0) is 11.2 Å². The lowest BCUT2D eigenvalue weighted by Crippen LogP contribution is -2.05. The van der Waals surface area contributed by atoms with E-state index in [1.807, 2.05) is 26.1 Å². The highest BCUT2D eigenvalue weighted by atomic mass is 16.5. The van der Waals surface area contributed by atoms with Gasteiger partial charge in [-0.25, -0.2) is 4.79 Å². The van der Waals surface area contributed by atoms with Gasteiger partial charge in [0.05, 0.1) is 21.3 Å². The molecule has 0 bridgehead atoms. The molecule has 1 aromatic carbocycles. The fraction of sp³-hybridized carbons (Fsp3) is 0.417. The van der Waals surface area contributed by atoms with Gasteiger partial charge in [-0.2, -0.15) is 0 Å². The highest BCUT2D eigenvalue weighted by Gasteiger charge is 2.22. The fourth-order valence-electron chi connectivity index (χ4n) is 3.68. The van der Waals surface area contributed by atoms with E-state index in [2.05, 4.69) is 11.1 Å². The average molecular weight is 414 g/mol. The van der Waals surface area contributed by atoms with Gasteiger partial charge in [-0.1, -0.05) is 12.5 Å². The number of hydrogen-bond donors (Lipinski definition) is 1. The number of carbonyl (C=O) groups is 1. The topological polar surface area (TPSA) is 77.9 Å².